The number of aryl methyl sites for hydroxylation is 1. The topological polar surface area (TPSA) is 78.7 Å². The molecule has 26 heavy (non-hydrogen) atoms. The first kappa shape index (κ1) is 18.7. The summed E-state index contributed by atoms with van der Waals surface area (Å²) in [6, 6.07) is 0. The van der Waals surface area contributed by atoms with Gasteiger partial charge >= 0.3 is 0 Å². The molecule has 8 nitrogen and oxygen atoms in total. The van der Waals surface area contributed by atoms with Gasteiger partial charge in [-0.1, -0.05) is 6.42 Å². The zero-order chi connectivity index (χ0) is 18.4. The normalized spacial score (nSPS) is 18.5. The van der Waals surface area contributed by atoms with Crippen molar-refractivity contribution >= 4 is 11.9 Å². The summed E-state index contributed by atoms with van der Waals surface area (Å²) in [5.41, 5.74) is 0. The molecule has 0 aromatic carbocycles. The van der Waals surface area contributed by atoms with Crippen molar-refractivity contribution in [2.75, 3.05) is 39.3 Å². The van der Waals surface area contributed by atoms with Crippen LogP contribution in [0.2, 0.25) is 0 Å². The molecule has 1 fully saturated rings. The van der Waals surface area contributed by atoms with E-state index in [1.807, 2.05) is 4.90 Å². The Labute approximate surface area is 155 Å². The number of rotatable bonds is 4. The number of nitrogens with zero attached hydrogens (tertiary/aromatic N) is 6. The molecule has 0 unspecified atom stereocenters. The number of aliphatic imine (C=N–C) groups is 1. The van der Waals surface area contributed by atoms with Crippen LogP contribution in [0.1, 0.15) is 44.8 Å². The molecule has 2 aliphatic heterocycles. The van der Waals surface area contributed by atoms with E-state index in [9.17, 15) is 4.79 Å². The molecule has 0 radical (unpaired) electrons. The Morgan fingerprint density at radius 3 is 2.58 bits per heavy atom. The van der Waals surface area contributed by atoms with Gasteiger partial charge in [-0.05, 0) is 19.8 Å². The standard InChI is InChI=1S/C18H31N7O/c1-3-19-18(24-13-11-23(12-14-24)15(2)26)20-9-8-17-22-21-16-7-5-4-6-10-25(16)17/h3-14H2,1-2H3,(H,19,20). The number of guanidine groups is 1. The summed E-state index contributed by atoms with van der Waals surface area (Å²) < 4.78 is 2.29. The summed E-state index contributed by atoms with van der Waals surface area (Å²) in [7, 11) is 0. The molecule has 1 aromatic heterocycles. The van der Waals surface area contributed by atoms with Gasteiger partial charge in [0.1, 0.15) is 11.6 Å². The minimum atomic E-state index is 0.152. The number of amides is 1. The maximum absolute atomic E-state index is 11.5. The molecule has 1 aromatic rings. The highest BCUT2D eigenvalue weighted by atomic mass is 16.2. The SMILES string of the molecule is CCNC(=NCCc1nnc2n1CCCCC2)N1CCN(C(C)=O)CC1. The predicted octanol–water partition coefficient (Wildman–Crippen LogP) is 0.677. The Morgan fingerprint density at radius 2 is 1.85 bits per heavy atom. The fourth-order valence-electron chi connectivity index (χ4n) is 3.65. The van der Waals surface area contributed by atoms with Gasteiger partial charge in [-0.3, -0.25) is 9.79 Å². The zero-order valence-electron chi connectivity index (χ0n) is 16.1. The van der Waals surface area contributed by atoms with Crippen LogP contribution in [-0.4, -0.2) is 75.7 Å². The maximum Gasteiger partial charge on any atom is 0.219 e. The van der Waals surface area contributed by atoms with Crippen LogP contribution in [0.5, 0.6) is 0 Å². The second-order valence-electron chi connectivity index (χ2n) is 6.97. The quantitative estimate of drug-likeness (QED) is 0.630. The van der Waals surface area contributed by atoms with Gasteiger partial charge in [-0.15, -0.1) is 10.2 Å². The van der Waals surface area contributed by atoms with Crippen molar-refractivity contribution in [2.24, 2.45) is 4.99 Å². The molecule has 3 rings (SSSR count). The van der Waals surface area contributed by atoms with E-state index < -0.39 is 0 Å². The molecule has 0 aliphatic carbocycles. The van der Waals surface area contributed by atoms with Crippen molar-refractivity contribution < 1.29 is 4.79 Å². The number of piperazine rings is 1. The van der Waals surface area contributed by atoms with E-state index in [-0.39, 0.29) is 5.91 Å². The highest BCUT2D eigenvalue weighted by Gasteiger charge is 2.21. The third-order valence-electron chi connectivity index (χ3n) is 5.14. The third-order valence-corrected chi connectivity index (χ3v) is 5.14. The smallest absolute Gasteiger partial charge is 0.219 e. The van der Waals surface area contributed by atoms with Gasteiger partial charge in [0.05, 0.1) is 0 Å². The summed E-state index contributed by atoms with van der Waals surface area (Å²) in [5.74, 6) is 3.28. The van der Waals surface area contributed by atoms with E-state index in [4.69, 9.17) is 4.99 Å². The Balaban J connectivity index is 1.58. The molecule has 0 bridgehead atoms. The van der Waals surface area contributed by atoms with Gasteiger partial charge in [0, 0.05) is 65.6 Å². The van der Waals surface area contributed by atoms with Gasteiger partial charge in [0.2, 0.25) is 5.91 Å². The largest absolute Gasteiger partial charge is 0.357 e. The van der Waals surface area contributed by atoms with Crippen molar-refractivity contribution in [1.82, 2.24) is 29.9 Å². The second kappa shape index (κ2) is 9.00. The van der Waals surface area contributed by atoms with Gasteiger partial charge in [0.15, 0.2) is 5.96 Å². The van der Waals surface area contributed by atoms with Crippen LogP contribution >= 0.6 is 0 Å². The van der Waals surface area contributed by atoms with Crippen molar-refractivity contribution in [3.05, 3.63) is 11.6 Å². The number of carbonyl (C=O) groups is 1. The van der Waals surface area contributed by atoms with Crippen LogP contribution < -0.4 is 5.32 Å². The summed E-state index contributed by atoms with van der Waals surface area (Å²) in [6.07, 6.45) is 5.56. The first-order valence-electron chi connectivity index (χ1n) is 9.88. The first-order chi connectivity index (χ1) is 12.7. The molecule has 0 atom stereocenters. The predicted molar refractivity (Wildman–Crippen MR) is 101 cm³/mol. The van der Waals surface area contributed by atoms with Gasteiger partial charge in [0.25, 0.3) is 0 Å². The van der Waals surface area contributed by atoms with Gasteiger partial charge in [-0.2, -0.15) is 0 Å². The molecule has 144 valence electrons. The van der Waals surface area contributed by atoms with E-state index in [1.165, 1.54) is 19.3 Å². The van der Waals surface area contributed by atoms with Crippen LogP contribution in [0.4, 0.5) is 0 Å². The molecule has 3 heterocycles. The average molecular weight is 361 g/mol. The van der Waals surface area contributed by atoms with Crippen molar-refractivity contribution in [3.63, 3.8) is 0 Å². The van der Waals surface area contributed by atoms with Crippen LogP contribution in [0.3, 0.4) is 0 Å². The molecule has 2 aliphatic rings. The molecular weight excluding hydrogens is 330 g/mol. The minimum Gasteiger partial charge on any atom is -0.357 e. The van der Waals surface area contributed by atoms with E-state index in [2.05, 4.69) is 31.9 Å². The van der Waals surface area contributed by atoms with Gasteiger partial charge in [-0.25, -0.2) is 0 Å². The number of aromatic nitrogens is 3. The Kier molecular flexibility index (Phi) is 6.46. The Hall–Kier alpha value is -2.12. The number of fused-ring (bicyclic) bond motifs is 1. The summed E-state index contributed by atoms with van der Waals surface area (Å²) in [6.45, 7) is 9.47. The number of carbonyl (C=O) groups excluding carboxylic acids is 1. The number of hydrogen-bond acceptors (Lipinski definition) is 4. The van der Waals surface area contributed by atoms with E-state index >= 15 is 0 Å². The van der Waals surface area contributed by atoms with Crippen LogP contribution in [0.25, 0.3) is 0 Å². The maximum atomic E-state index is 11.5. The fraction of sp³-hybridized carbons (Fsp3) is 0.778. The lowest BCUT2D eigenvalue weighted by atomic mass is 10.2. The highest BCUT2D eigenvalue weighted by molar-refractivity contribution is 5.80. The second-order valence-corrected chi connectivity index (χ2v) is 6.97. The fourth-order valence-corrected chi connectivity index (χ4v) is 3.65. The lowest BCUT2D eigenvalue weighted by Crippen LogP contribution is -2.53. The lowest BCUT2D eigenvalue weighted by Gasteiger charge is -2.36. The van der Waals surface area contributed by atoms with Crippen LogP contribution in [0.15, 0.2) is 4.99 Å². The number of hydrogen-bond donors (Lipinski definition) is 1. The summed E-state index contributed by atoms with van der Waals surface area (Å²) >= 11 is 0. The van der Waals surface area contributed by atoms with E-state index in [0.29, 0.717) is 6.54 Å². The van der Waals surface area contributed by atoms with Crippen molar-refractivity contribution in [3.8, 4) is 0 Å². The minimum absolute atomic E-state index is 0.152. The van der Waals surface area contributed by atoms with E-state index in [0.717, 1.165) is 69.7 Å². The van der Waals surface area contributed by atoms with Crippen LogP contribution in [0, 0.1) is 0 Å². The van der Waals surface area contributed by atoms with Crippen LogP contribution in [-0.2, 0) is 24.2 Å². The molecular formula is C18H31N7O. The van der Waals surface area contributed by atoms with E-state index in [1.54, 1.807) is 6.92 Å². The van der Waals surface area contributed by atoms with Gasteiger partial charge < -0.3 is 19.7 Å². The Bertz CT molecular complexity index is 631. The lowest BCUT2D eigenvalue weighted by molar-refractivity contribution is -0.130. The Morgan fingerprint density at radius 1 is 1.08 bits per heavy atom. The molecule has 8 heteroatoms. The summed E-state index contributed by atoms with van der Waals surface area (Å²) in [4.78, 5) is 20.4. The monoisotopic (exact) mass is 361 g/mol. The zero-order valence-corrected chi connectivity index (χ0v) is 16.1. The molecule has 0 spiro atoms. The molecule has 1 N–H and O–H groups in total. The van der Waals surface area contributed by atoms with Crippen molar-refractivity contribution in [2.45, 2.75) is 52.5 Å². The molecule has 0 saturated carbocycles. The summed E-state index contributed by atoms with van der Waals surface area (Å²) in [5, 5.41) is 12.1. The average Bonchev–Trinajstić information content (AvgIpc) is 2.87. The first-order valence-corrected chi connectivity index (χ1v) is 9.88. The third kappa shape index (κ3) is 4.53. The number of nitrogens with one attached hydrogen (secondary N) is 1. The molecule has 1 amide bonds. The highest BCUT2D eigenvalue weighted by Crippen LogP contribution is 2.14. The molecule has 1 saturated heterocycles. The van der Waals surface area contributed by atoms with Crippen molar-refractivity contribution in [1.29, 1.82) is 0 Å².